The lowest BCUT2D eigenvalue weighted by Gasteiger charge is -2.34. The number of ether oxygens (including phenoxy) is 1. The van der Waals surface area contributed by atoms with Gasteiger partial charge in [-0.3, -0.25) is 0 Å². The molecule has 9 heteroatoms. The summed E-state index contributed by atoms with van der Waals surface area (Å²) in [5.74, 6) is 0.0919. The Morgan fingerprint density at radius 2 is 1.93 bits per heavy atom. The van der Waals surface area contributed by atoms with Crippen molar-refractivity contribution in [1.29, 1.82) is 0 Å². The Bertz CT molecular complexity index is 1460. The lowest BCUT2D eigenvalue weighted by atomic mass is 10.1. The monoisotopic (exact) mass is 577 g/mol. The van der Waals surface area contributed by atoms with Gasteiger partial charge < -0.3 is 25.0 Å². The number of anilines is 1. The second kappa shape index (κ2) is 12.3. The van der Waals surface area contributed by atoms with Crippen LogP contribution in [0.1, 0.15) is 48.8 Å². The van der Waals surface area contributed by atoms with E-state index in [4.69, 9.17) is 21.3 Å². The summed E-state index contributed by atoms with van der Waals surface area (Å²) in [4.78, 5) is 14.0. The molecule has 0 aliphatic carbocycles. The Hall–Kier alpha value is -3.20. The van der Waals surface area contributed by atoms with Crippen molar-refractivity contribution >= 4 is 40.5 Å². The summed E-state index contributed by atoms with van der Waals surface area (Å²) in [6, 6.07) is 10.4. The maximum absolute atomic E-state index is 16.1. The minimum Gasteiger partial charge on any atom is -0.508 e. The van der Waals surface area contributed by atoms with E-state index < -0.39 is 5.82 Å². The largest absolute Gasteiger partial charge is 0.508 e. The molecule has 2 N–H and O–H groups in total. The number of halogens is 2. The fourth-order valence-electron chi connectivity index (χ4n) is 6.19. The number of rotatable bonds is 9. The van der Waals surface area contributed by atoms with E-state index in [0.29, 0.717) is 29.9 Å². The Labute approximate surface area is 245 Å². The lowest BCUT2D eigenvalue weighted by molar-refractivity contribution is 0.250. The maximum atomic E-state index is 16.1. The molecule has 2 bridgehead atoms. The average molecular weight is 578 g/mol. The summed E-state index contributed by atoms with van der Waals surface area (Å²) in [5, 5.41) is 15.0. The fourth-order valence-corrected chi connectivity index (χ4v) is 6.44. The first-order valence-electron chi connectivity index (χ1n) is 14.6. The van der Waals surface area contributed by atoms with Crippen LogP contribution < -0.4 is 15.0 Å². The SMILES string of the molecule is Cc1ccccc1/C=C(O)\C=C\c1c(Cl)cc2c(N3CC4CCC(C3)N4)nc(OCCCN3CCCC3)nc2c1F. The second-order valence-electron chi connectivity index (χ2n) is 11.4. The van der Waals surface area contributed by atoms with Gasteiger partial charge in [-0.05, 0) is 87.5 Å². The van der Waals surface area contributed by atoms with Gasteiger partial charge in [0.25, 0.3) is 0 Å². The van der Waals surface area contributed by atoms with Crippen LogP contribution in [0.2, 0.25) is 5.02 Å². The number of aliphatic hydroxyl groups excluding tert-OH is 1. The number of aromatic nitrogens is 2. The summed E-state index contributed by atoms with van der Waals surface area (Å²) >= 11 is 6.65. The molecule has 1 aromatic heterocycles. The molecule has 2 aromatic carbocycles. The molecular formula is C32H37ClFN5O2. The second-order valence-corrected chi connectivity index (χ2v) is 11.8. The van der Waals surface area contributed by atoms with Gasteiger partial charge in [-0.1, -0.05) is 35.9 Å². The Morgan fingerprint density at radius 1 is 1.17 bits per heavy atom. The van der Waals surface area contributed by atoms with E-state index in [1.54, 1.807) is 12.1 Å². The molecule has 0 spiro atoms. The van der Waals surface area contributed by atoms with Gasteiger partial charge in [-0.15, -0.1) is 0 Å². The van der Waals surface area contributed by atoms with E-state index in [1.807, 2.05) is 31.2 Å². The van der Waals surface area contributed by atoms with E-state index in [0.717, 1.165) is 63.1 Å². The summed E-state index contributed by atoms with van der Waals surface area (Å²) in [5.41, 5.74) is 2.24. The highest BCUT2D eigenvalue weighted by atomic mass is 35.5. The number of aliphatic hydroxyl groups is 1. The van der Waals surface area contributed by atoms with Crippen LogP contribution in [0.4, 0.5) is 10.2 Å². The molecule has 0 saturated carbocycles. The van der Waals surface area contributed by atoms with Crippen LogP contribution in [-0.4, -0.2) is 71.4 Å². The molecule has 6 rings (SSSR count). The first kappa shape index (κ1) is 27.9. The third-order valence-corrected chi connectivity index (χ3v) is 8.67. The number of nitrogens with one attached hydrogen (secondary N) is 1. The van der Waals surface area contributed by atoms with Gasteiger partial charge in [0, 0.05) is 42.7 Å². The average Bonchev–Trinajstić information content (AvgIpc) is 3.61. The van der Waals surface area contributed by atoms with Crippen LogP contribution >= 0.6 is 11.6 Å². The van der Waals surface area contributed by atoms with E-state index in [2.05, 4.69) is 20.1 Å². The van der Waals surface area contributed by atoms with Crippen molar-refractivity contribution in [2.45, 2.75) is 51.1 Å². The Kier molecular flexibility index (Phi) is 8.42. The van der Waals surface area contributed by atoms with Gasteiger partial charge in [0.05, 0.1) is 11.6 Å². The van der Waals surface area contributed by atoms with Crippen molar-refractivity contribution in [3.8, 4) is 6.01 Å². The third-order valence-electron chi connectivity index (χ3n) is 8.35. The van der Waals surface area contributed by atoms with Crippen molar-refractivity contribution in [1.82, 2.24) is 20.2 Å². The van der Waals surface area contributed by atoms with Crippen LogP contribution in [0.15, 0.2) is 42.2 Å². The van der Waals surface area contributed by atoms with E-state index in [1.165, 1.54) is 25.0 Å². The highest BCUT2D eigenvalue weighted by Crippen LogP contribution is 2.36. The molecule has 2 unspecified atom stereocenters. The quantitative estimate of drug-likeness (QED) is 0.179. The normalized spacial score (nSPS) is 21.4. The molecule has 2 atom stereocenters. The van der Waals surface area contributed by atoms with E-state index in [9.17, 15) is 5.11 Å². The molecule has 3 aliphatic heterocycles. The first-order valence-corrected chi connectivity index (χ1v) is 15.0. The number of allylic oxidation sites excluding steroid dienone is 1. The van der Waals surface area contributed by atoms with Crippen molar-refractivity contribution in [2.24, 2.45) is 0 Å². The minimum atomic E-state index is -0.559. The molecule has 3 aliphatic rings. The Balaban J connectivity index is 1.31. The smallest absolute Gasteiger partial charge is 0.319 e. The molecule has 3 aromatic rings. The van der Waals surface area contributed by atoms with Crippen LogP contribution in [-0.2, 0) is 0 Å². The van der Waals surface area contributed by atoms with Crippen LogP contribution in [0.25, 0.3) is 23.1 Å². The van der Waals surface area contributed by atoms with Gasteiger partial charge in [0.15, 0.2) is 5.82 Å². The zero-order valence-electron chi connectivity index (χ0n) is 23.5. The molecule has 41 heavy (non-hydrogen) atoms. The predicted octanol–water partition coefficient (Wildman–Crippen LogP) is 6.15. The lowest BCUT2D eigenvalue weighted by Crippen LogP contribution is -2.51. The maximum Gasteiger partial charge on any atom is 0.319 e. The topological polar surface area (TPSA) is 73.8 Å². The standard InChI is InChI=1S/C32H37ClFN5O2/c1-21-7-2-3-8-22(21)17-25(40)11-12-26-28(33)18-27-30(29(26)34)36-32(41-16-6-15-38-13-4-5-14-38)37-31(27)39-19-23-9-10-24(20-39)35-23/h2-3,7-8,11-12,17-18,23-24,35,40H,4-6,9-10,13-16,19-20H2,1H3/b12-11+,25-17+. The Morgan fingerprint density at radius 3 is 2.68 bits per heavy atom. The van der Waals surface area contributed by atoms with Crippen LogP contribution in [0.3, 0.4) is 0 Å². The number of hydrogen-bond acceptors (Lipinski definition) is 7. The number of aryl methyl sites for hydroxylation is 1. The molecule has 3 saturated heterocycles. The molecule has 0 amide bonds. The molecule has 4 heterocycles. The van der Waals surface area contributed by atoms with Gasteiger partial charge in [-0.2, -0.15) is 9.97 Å². The van der Waals surface area contributed by atoms with Gasteiger partial charge in [-0.25, -0.2) is 4.39 Å². The third kappa shape index (κ3) is 6.35. The zero-order valence-corrected chi connectivity index (χ0v) is 24.2. The van der Waals surface area contributed by atoms with Crippen LogP contribution in [0.5, 0.6) is 6.01 Å². The van der Waals surface area contributed by atoms with Gasteiger partial charge in [0.2, 0.25) is 0 Å². The van der Waals surface area contributed by atoms with Crippen LogP contribution in [0, 0.1) is 12.7 Å². The minimum absolute atomic E-state index is 0.00319. The summed E-state index contributed by atoms with van der Waals surface area (Å²) in [7, 11) is 0. The first-order chi connectivity index (χ1) is 19.9. The van der Waals surface area contributed by atoms with Crippen molar-refractivity contribution in [3.63, 3.8) is 0 Å². The number of benzene rings is 2. The van der Waals surface area contributed by atoms with E-state index in [-0.39, 0.29) is 27.9 Å². The summed E-state index contributed by atoms with van der Waals surface area (Å²) in [6.07, 6.45) is 10.2. The number of piperazine rings is 1. The molecular weight excluding hydrogens is 541 g/mol. The molecule has 216 valence electrons. The molecule has 3 fully saturated rings. The number of hydrogen-bond donors (Lipinski definition) is 2. The number of nitrogens with zero attached hydrogens (tertiary/aromatic N) is 4. The predicted molar refractivity (Wildman–Crippen MR) is 163 cm³/mol. The van der Waals surface area contributed by atoms with Crippen molar-refractivity contribution in [2.75, 3.05) is 44.2 Å². The highest BCUT2D eigenvalue weighted by Gasteiger charge is 2.34. The molecule has 0 radical (unpaired) electrons. The zero-order chi connectivity index (χ0) is 28.3. The van der Waals surface area contributed by atoms with Gasteiger partial charge in [0.1, 0.15) is 17.1 Å². The molecule has 7 nitrogen and oxygen atoms in total. The highest BCUT2D eigenvalue weighted by molar-refractivity contribution is 6.33. The van der Waals surface area contributed by atoms with E-state index >= 15 is 4.39 Å². The number of likely N-dealkylation sites (tertiary alicyclic amines) is 1. The van der Waals surface area contributed by atoms with Crippen molar-refractivity contribution in [3.05, 3.63) is 69.7 Å². The summed E-state index contributed by atoms with van der Waals surface area (Å²) in [6.45, 7) is 7.26. The van der Waals surface area contributed by atoms with Crippen molar-refractivity contribution < 1.29 is 14.2 Å². The summed E-state index contributed by atoms with van der Waals surface area (Å²) < 4.78 is 22.2. The fraction of sp³-hybridized carbons (Fsp3) is 0.438. The van der Waals surface area contributed by atoms with Gasteiger partial charge >= 0.3 is 6.01 Å². The number of fused-ring (bicyclic) bond motifs is 3.